The van der Waals surface area contributed by atoms with Gasteiger partial charge in [0.05, 0.1) is 22.3 Å². The summed E-state index contributed by atoms with van der Waals surface area (Å²) in [7, 11) is 0. The number of carbonyl (C=O) groups excluding carboxylic acids is 1. The van der Waals surface area contributed by atoms with Crippen LogP contribution in [0.1, 0.15) is 50.2 Å². The molecule has 0 spiro atoms. The first-order valence-corrected chi connectivity index (χ1v) is 13.4. The molecular weight excluding hydrogens is 458 g/mol. The lowest BCUT2D eigenvalue weighted by Gasteiger charge is -2.33. The molecule has 182 valence electrons. The van der Waals surface area contributed by atoms with E-state index in [0.717, 1.165) is 41.7 Å². The number of rotatable bonds is 6. The molecule has 0 radical (unpaired) electrons. The molecule has 1 amide bonds. The van der Waals surface area contributed by atoms with Crippen LogP contribution in [0.15, 0.2) is 52.4 Å². The molecule has 35 heavy (non-hydrogen) atoms. The van der Waals surface area contributed by atoms with Crippen molar-refractivity contribution in [1.29, 1.82) is 0 Å². The number of aryl methyl sites for hydroxylation is 2. The highest BCUT2D eigenvalue weighted by atomic mass is 32.2. The third-order valence-electron chi connectivity index (χ3n) is 6.99. The molecule has 2 heterocycles. The van der Waals surface area contributed by atoms with Crippen LogP contribution in [0.2, 0.25) is 0 Å². The highest BCUT2D eigenvalue weighted by molar-refractivity contribution is 7.99. The Labute approximate surface area is 209 Å². The Kier molecular flexibility index (Phi) is 6.65. The molecule has 0 aliphatic heterocycles. The second-order valence-corrected chi connectivity index (χ2v) is 10.3. The van der Waals surface area contributed by atoms with Crippen molar-refractivity contribution in [1.82, 2.24) is 24.1 Å². The lowest BCUT2D eigenvalue weighted by molar-refractivity contribution is -0.131. The zero-order valence-electron chi connectivity index (χ0n) is 20.5. The third kappa shape index (κ3) is 4.35. The molecule has 1 saturated carbocycles. The summed E-state index contributed by atoms with van der Waals surface area (Å²) in [4.78, 5) is 28.8. The quantitative estimate of drug-likeness (QED) is 0.359. The Balaban J connectivity index is 1.56. The molecule has 0 unspecified atom stereocenters. The summed E-state index contributed by atoms with van der Waals surface area (Å²) >= 11 is 1.39. The summed E-state index contributed by atoms with van der Waals surface area (Å²) in [5.74, 6) is 0.880. The van der Waals surface area contributed by atoms with Gasteiger partial charge in [0.25, 0.3) is 5.56 Å². The molecule has 0 bridgehead atoms. The molecule has 0 saturated heterocycles. The molecule has 7 nitrogen and oxygen atoms in total. The van der Waals surface area contributed by atoms with E-state index < -0.39 is 0 Å². The van der Waals surface area contributed by atoms with Crippen molar-refractivity contribution < 1.29 is 4.79 Å². The summed E-state index contributed by atoms with van der Waals surface area (Å²) in [6.07, 6.45) is 5.82. The lowest BCUT2D eigenvalue weighted by atomic mass is 9.94. The van der Waals surface area contributed by atoms with Crippen molar-refractivity contribution in [2.45, 2.75) is 64.1 Å². The highest BCUT2D eigenvalue weighted by Crippen LogP contribution is 2.27. The molecule has 1 aliphatic rings. The van der Waals surface area contributed by atoms with Gasteiger partial charge in [0.15, 0.2) is 5.16 Å². The maximum atomic E-state index is 13.6. The van der Waals surface area contributed by atoms with Crippen molar-refractivity contribution in [3.63, 3.8) is 0 Å². The summed E-state index contributed by atoms with van der Waals surface area (Å²) in [5.41, 5.74) is 3.52. The SMILES string of the molecule is CCN(C(=O)CSc1nnc2n(-c3ccc(C)cc3C)c(=O)c3ccccc3n12)C1CCCCC1. The van der Waals surface area contributed by atoms with Gasteiger partial charge in [-0.2, -0.15) is 0 Å². The van der Waals surface area contributed by atoms with Crippen LogP contribution >= 0.6 is 11.8 Å². The smallest absolute Gasteiger partial charge is 0.267 e. The molecule has 0 N–H and O–H groups in total. The van der Waals surface area contributed by atoms with Gasteiger partial charge in [0.1, 0.15) is 0 Å². The second-order valence-electron chi connectivity index (χ2n) is 9.33. The van der Waals surface area contributed by atoms with E-state index >= 15 is 0 Å². The first-order chi connectivity index (χ1) is 17.0. The molecular formula is C27H31N5O2S. The fourth-order valence-corrected chi connectivity index (χ4v) is 6.11. The van der Waals surface area contributed by atoms with E-state index in [1.54, 1.807) is 4.57 Å². The molecule has 1 fully saturated rings. The van der Waals surface area contributed by atoms with Crippen molar-refractivity contribution in [2.75, 3.05) is 12.3 Å². The minimum Gasteiger partial charge on any atom is -0.339 e. The van der Waals surface area contributed by atoms with E-state index in [9.17, 15) is 9.59 Å². The van der Waals surface area contributed by atoms with Gasteiger partial charge in [0, 0.05) is 12.6 Å². The number of hydrogen-bond acceptors (Lipinski definition) is 5. The number of thioether (sulfide) groups is 1. The van der Waals surface area contributed by atoms with Crippen molar-refractivity contribution >= 4 is 34.3 Å². The minimum absolute atomic E-state index is 0.130. The monoisotopic (exact) mass is 489 g/mol. The van der Waals surface area contributed by atoms with Crippen molar-refractivity contribution in [3.05, 3.63) is 63.9 Å². The molecule has 5 rings (SSSR count). The largest absolute Gasteiger partial charge is 0.339 e. The second kappa shape index (κ2) is 9.85. The van der Waals surface area contributed by atoms with Gasteiger partial charge < -0.3 is 4.90 Å². The molecule has 0 atom stereocenters. The van der Waals surface area contributed by atoms with E-state index in [1.807, 2.05) is 59.5 Å². The lowest BCUT2D eigenvalue weighted by Crippen LogP contribution is -2.42. The zero-order chi connectivity index (χ0) is 24.5. The standard InChI is InChI=1S/C27H31N5O2S/c1-4-30(20-10-6-5-7-11-20)24(33)17-35-27-29-28-26-31(22-15-14-18(2)16-19(22)3)25(34)21-12-8-9-13-23(21)32(26)27/h8-9,12-16,20H,4-7,10-11,17H2,1-3H3. The van der Waals surface area contributed by atoms with Gasteiger partial charge in [-0.3, -0.25) is 14.0 Å². The van der Waals surface area contributed by atoms with Crippen LogP contribution in [0, 0.1) is 13.8 Å². The van der Waals surface area contributed by atoms with E-state index in [1.165, 1.54) is 31.0 Å². The summed E-state index contributed by atoms with van der Waals surface area (Å²) < 4.78 is 3.54. The zero-order valence-corrected chi connectivity index (χ0v) is 21.3. The fourth-order valence-electron chi connectivity index (χ4n) is 5.29. The Bertz CT molecular complexity index is 1450. The highest BCUT2D eigenvalue weighted by Gasteiger charge is 2.25. The van der Waals surface area contributed by atoms with Gasteiger partial charge in [-0.1, -0.05) is 60.9 Å². The predicted octanol–water partition coefficient (Wildman–Crippen LogP) is 4.92. The van der Waals surface area contributed by atoms with Crippen molar-refractivity contribution in [2.24, 2.45) is 0 Å². The first-order valence-electron chi connectivity index (χ1n) is 12.4. The number of para-hydroxylation sites is 1. The number of nitrogens with zero attached hydrogens (tertiary/aromatic N) is 5. The van der Waals surface area contributed by atoms with Crippen LogP contribution < -0.4 is 5.56 Å². The van der Waals surface area contributed by atoms with Crippen LogP contribution in [0.3, 0.4) is 0 Å². The van der Waals surface area contributed by atoms with Crippen LogP contribution in [0.25, 0.3) is 22.4 Å². The fraction of sp³-hybridized carbons (Fsp3) is 0.407. The molecule has 8 heteroatoms. The van der Waals surface area contributed by atoms with Crippen molar-refractivity contribution in [3.8, 4) is 5.69 Å². The number of amides is 1. The average molecular weight is 490 g/mol. The van der Waals surface area contributed by atoms with E-state index in [4.69, 9.17) is 0 Å². The van der Waals surface area contributed by atoms with Gasteiger partial charge in [0.2, 0.25) is 11.7 Å². The molecule has 2 aromatic carbocycles. The van der Waals surface area contributed by atoms with Gasteiger partial charge in [-0.05, 0) is 57.4 Å². The van der Waals surface area contributed by atoms with Gasteiger partial charge in [-0.25, -0.2) is 4.57 Å². The number of aromatic nitrogens is 4. The van der Waals surface area contributed by atoms with Crippen LogP contribution in [0.4, 0.5) is 0 Å². The van der Waals surface area contributed by atoms with E-state index in [0.29, 0.717) is 28.1 Å². The first kappa shape index (κ1) is 23.6. The maximum Gasteiger partial charge on any atom is 0.267 e. The molecule has 4 aromatic rings. The summed E-state index contributed by atoms with van der Waals surface area (Å²) in [6.45, 7) is 6.81. The van der Waals surface area contributed by atoms with Gasteiger partial charge >= 0.3 is 0 Å². The topological polar surface area (TPSA) is 72.5 Å². The van der Waals surface area contributed by atoms with E-state index in [-0.39, 0.29) is 11.5 Å². The maximum absolute atomic E-state index is 13.6. The van der Waals surface area contributed by atoms with Crippen LogP contribution in [-0.2, 0) is 4.79 Å². The Morgan fingerprint density at radius 3 is 2.60 bits per heavy atom. The summed E-state index contributed by atoms with van der Waals surface area (Å²) in [5, 5.41) is 10.1. The summed E-state index contributed by atoms with van der Waals surface area (Å²) in [6, 6.07) is 13.9. The number of fused-ring (bicyclic) bond motifs is 3. The van der Waals surface area contributed by atoms with E-state index in [2.05, 4.69) is 23.2 Å². The molecule has 1 aliphatic carbocycles. The van der Waals surface area contributed by atoms with Crippen LogP contribution in [-0.4, -0.2) is 48.3 Å². The van der Waals surface area contributed by atoms with Gasteiger partial charge in [-0.15, -0.1) is 10.2 Å². The Hall–Kier alpha value is -3.13. The normalized spacial score (nSPS) is 14.6. The predicted molar refractivity (Wildman–Crippen MR) is 141 cm³/mol. The Morgan fingerprint density at radius 2 is 1.86 bits per heavy atom. The minimum atomic E-state index is -0.130. The molecule has 2 aromatic heterocycles. The number of benzene rings is 2. The third-order valence-corrected chi connectivity index (χ3v) is 7.90. The van der Waals surface area contributed by atoms with Crippen LogP contribution in [0.5, 0.6) is 0 Å². The number of hydrogen-bond donors (Lipinski definition) is 0. The average Bonchev–Trinajstić information content (AvgIpc) is 3.29. The Morgan fingerprint density at radius 1 is 1.09 bits per heavy atom. The number of carbonyl (C=O) groups is 1.